The first-order valence-corrected chi connectivity index (χ1v) is 7.22. The Labute approximate surface area is 130 Å². The van der Waals surface area contributed by atoms with Gasteiger partial charge in [0.05, 0.1) is 16.4 Å². The van der Waals surface area contributed by atoms with Crippen molar-refractivity contribution in [1.82, 2.24) is 0 Å². The maximum Gasteiger partial charge on any atom is 0.0786 e. The highest BCUT2D eigenvalue weighted by Gasteiger charge is 2.12. The third-order valence-electron chi connectivity index (χ3n) is 3.15. The minimum atomic E-state index is 0.144. The van der Waals surface area contributed by atoms with E-state index in [1.165, 1.54) is 0 Å². The average Bonchev–Trinajstić information content (AvgIpc) is 2.38. The van der Waals surface area contributed by atoms with Gasteiger partial charge < -0.3 is 10.2 Å². The van der Waals surface area contributed by atoms with Gasteiger partial charge in [0.2, 0.25) is 0 Å². The van der Waals surface area contributed by atoms with Gasteiger partial charge >= 0.3 is 0 Å². The highest BCUT2D eigenvalue weighted by atomic mass is 35.5. The molecule has 0 amide bonds. The fourth-order valence-electron chi connectivity index (χ4n) is 2.18. The van der Waals surface area contributed by atoms with Crippen molar-refractivity contribution >= 4 is 34.6 Å². The predicted molar refractivity (Wildman–Crippen MR) is 89.3 cm³/mol. The van der Waals surface area contributed by atoms with Crippen LogP contribution >= 0.6 is 23.2 Å². The Kier molecular flexibility index (Phi) is 4.79. The number of benzene rings is 2. The normalized spacial score (nSPS) is 12.1. The minimum Gasteiger partial charge on any atom is -0.377 e. The summed E-state index contributed by atoms with van der Waals surface area (Å²) < 4.78 is 0. The Hall–Kier alpha value is -1.38. The molecule has 2 aromatic rings. The van der Waals surface area contributed by atoms with Crippen LogP contribution in [0.1, 0.15) is 18.5 Å². The van der Waals surface area contributed by atoms with E-state index in [2.05, 4.69) is 18.3 Å². The summed E-state index contributed by atoms with van der Waals surface area (Å²) in [6.07, 6.45) is 0. The number of hydrogen-bond donors (Lipinski definition) is 1. The van der Waals surface area contributed by atoms with Crippen LogP contribution in [0.4, 0.5) is 11.4 Å². The molecule has 0 spiro atoms. The standard InChI is InChI=1S/C16H18Cl2N2/c1-11(12-6-4-7-13(17)10-12)19-15-9-5-8-14(18)16(15)20(2)3/h4-11,19H,1-3H3. The van der Waals surface area contributed by atoms with E-state index in [0.717, 1.165) is 27.0 Å². The topological polar surface area (TPSA) is 15.3 Å². The van der Waals surface area contributed by atoms with Crippen molar-refractivity contribution in [3.05, 3.63) is 58.1 Å². The van der Waals surface area contributed by atoms with Crippen LogP contribution in [0, 0.1) is 0 Å². The fraction of sp³-hybridized carbons (Fsp3) is 0.250. The summed E-state index contributed by atoms with van der Waals surface area (Å²) in [7, 11) is 3.97. The predicted octanol–water partition coefficient (Wildman–Crippen LogP) is 5.23. The molecule has 2 nitrogen and oxygen atoms in total. The highest BCUT2D eigenvalue weighted by molar-refractivity contribution is 6.34. The van der Waals surface area contributed by atoms with Crippen LogP contribution in [-0.2, 0) is 0 Å². The Bertz CT molecular complexity index is 597. The second kappa shape index (κ2) is 6.38. The van der Waals surface area contributed by atoms with Crippen molar-refractivity contribution in [3.8, 4) is 0 Å². The summed E-state index contributed by atoms with van der Waals surface area (Å²) in [5.41, 5.74) is 3.14. The van der Waals surface area contributed by atoms with Gasteiger partial charge in [-0.15, -0.1) is 0 Å². The Morgan fingerprint density at radius 2 is 1.75 bits per heavy atom. The van der Waals surface area contributed by atoms with Crippen LogP contribution in [0.3, 0.4) is 0 Å². The molecule has 106 valence electrons. The van der Waals surface area contributed by atoms with Gasteiger partial charge in [-0.2, -0.15) is 0 Å². The van der Waals surface area contributed by atoms with Crippen LogP contribution in [0.25, 0.3) is 0 Å². The highest BCUT2D eigenvalue weighted by Crippen LogP contribution is 2.34. The lowest BCUT2D eigenvalue weighted by Gasteiger charge is -2.23. The van der Waals surface area contributed by atoms with E-state index in [0.29, 0.717) is 0 Å². The van der Waals surface area contributed by atoms with Crippen LogP contribution in [0.5, 0.6) is 0 Å². The maximum atomic E-state index is 6.28. The molecule has 20 heavy (non-hydrogen) atoms. The summed E-state index contributed by atoms with van der Waals surface area (Å²) in [6, 6.07) is 13.9. The van der Waals surface area contributed by atoms with E-state index in [1.54, 1.807) is 0 Å². The molecule has 0 aliphatic heterocycles. The fourth-order valence-corrected chi connectivity index (χ4v) is 2.72. The number of hydrogen-bond acceptors (Lipinski definition) is 2. The molecule has 1 unspecified atom stereocenters. The Balaban J connectivity index is 2.28. The van der Waals surface area contributed by atoms with Gasteiger partial charge in [0, 0.05) is 25.2 Å². The summed E-state index contributed by atoms with van der Waals surface area (Å²) in [5.74, 6) is 0. The molecular formula is C16H18Cl2N2. The van der Waals surface area contributed by atoms with E-state index in [1.807, 2.05) is 55.4 Å². The number of halogens is 2. The Morgan fingerprint density at radius 1 is 1.05 bits per heavy atom. The van der Waals surface area contributed by atoms with Gasteiger partial charge in [0.1, 0.15) is 0 Å². The molecule has 0 saturated carbocycles. The van der Waals surface area contributed by atoms with Crippen LogP contribution in [-0.4, -0.2) is 14.1 Å². The van der Waals surface area contributed by atoms with Crippen molar-refractivity contribution in [2.75, 3.05) is 24.3 Å². The number of nitrogens with zero attached hydrogens (tertiary/aromatic N) is 1. The largest absolute Gasteiger partial charge is 0.377 e. The first kappa shape index (κ1) is 15.0. The molecular weight excluding hydrogens is 291 g/mol. The molecule has 4 heteroatoms. The monoisotopic (exact) mass is 308 g/mol. The minimum absolute atomic E-state index is 0.144. The Morgan fingerprint density at radius 3 is 2.40 bits per heavy atom. The average molecular weight is 309 g/mol. The molecule has 2 aromatic carbocycles. The summed E-state index contributed by atoms with van der Waals surface area (Å²) in [4.78, 5) is 2.01. The summed E-state index contributed by atoms with van der Waals surface area (Å²) in [6.45, 7) is 2.10. The molecule has 1 N–H and O–H groups in total. The third-order valence-corrected chi connectivity index (χ3v) is 3.69. The van der Waals surface area contributed by atoms with E-state index in [-0.39, 0.29) is 6.04 Å². The second-order valence-corrected chi connectivity index (χ2v) is 5.80. The van der Waals surface area contributed by atoms with Crippen molar-refractivity contribution < 1.29 is 0 Å². The lowest BCUT2D eigenvalue weighted by Crippen LogP contribution is -2.14. The van der Waals surface area contributed by atoms with Gasteiger partial charge in [0.25, 0.3) is 0 Å². The van der Waals surface area contributed by atoms with Crippen molar-refractivity contribution in [3.63, 3.8) is 0 Å². The van der Waals surface area contributed by atoms with Crippen LogP contribution in [0.2, 0.25) is 10.0 Å². The van der Waals surface area contributed by atoms with Crippen LogP contribution in [0.15, 0.2) is 42.5 Å². The van der Waals surface area contributed by atoms with Gasteiger partial charge in [-0.25, -0.2) is 0 Å². The van der Waals surface area contributed by atoms with Gasteiger partial charge in [-0.05, 0) is 36.8 Å². The molecule has 0 saturated heterocycles. The molecule has 0 heterocycles. The van der Waals surface area contributed by atoms with E-state index < -0.39 is 0 Å². The van der Waals surface area contributed by atoms with Crippen molar-refractivity contribution in [1.29, 1.82) is 0 Å². The second-order valence-electron chi connectivity index (χ2n) is 4.95. The van der Waals surface area contributed by atoms with E-state index in [4.69, 9.17) is 23.2 Å². The lowest BCUT2D eigenvalue weighted by atomic mass is 10.1. The maximum absolute atomic E-state index is 6.28. The first-order chi connectivity index (χ1) is 9.49. The molecule has 2 rings (SSSR count). The van der Waals surface area contributed by atoms with Crippen molar-refractivity contribution in [2.24, 2.45) is 0 Å². The van der Waals surface area contributed by atoms with Crippen molar-refractivity contribution in [2.45, 2.75) is 13.0 Å². The van der Waals surface area contributed by atoms with E-state index in [9.17, 15) is 0 Å². The molecule has 0 aliphatic rings. The smallest absolute Gasteiger partial charge is 0.0786 e. The first-order valence-electron chi connectivity index (χ1n) is 6.47. The SMILES string of the molecule is CC(Nc1cccc(Cl)c1N(C)C)c1cccc(Cl)c1. The number of para-hydroxylation sites is 1. The lowest BCUT2D eigenvalue weighted by molar-refractivity contribution is 0.883. The van der Waals surface area contributed by atoms with Gasteiger partial charge in [-0.3, -0.25) is 0 Å². The van der Waals surface area contributed by atoms with Gasteiger partial charge in [-0.1, -0.05) is 41.4 Å². The number of nitrogens with one attached hydrogen (secondary N) is 1. The van der Waals surface area contributed by atoms with Crippen LogP contribution < -0.4 is 10.2 Å². The molecule has 0 bridgehead atoms. The zero-order chi connectivity index (χ0) is 14.7. The number of rotatable bonds is 4. The van der Waals surface area contributed by atoms with E-state index >= 15 is 0 Å². The quantitative estimate of drug-likeness (QED) is 0.831. The molecule has 0 fully saturated rings. The zero-order valence-electron chi connectivity index (χ0n) is 11.8. The summed E-state index contributed by atoms with van der Waals surface area (Å²) in [5, 5.41) is 4.97. The molecule has 0 radical (unpaired) electrons. The molecule has 0 aromatic heterocycles. The third kappa shape index (κ3) is 3.38. The number of anilines is 2. The molecule has 0 aliphatic carbocycles. The van der Waals surface area contributed by atoms with Gasteiger partial charge in [0.15, 0.2) is 0 Å². The zero-order valence-corrected chi connectivity index (χ0v) is 13.3. The summed E-state index contributed by atoms with van der Waals surface area (Å²) >= 11 is 12.3. The molecule has 1 atom stereocenters.